The summed E-state index contributed by atoms with van der Waals surface area (Å²) in [6.07, 6.45) is 0.797. The minimum Gasteiger partial charge on any atom is -0.478 e. The number of amides is 2. The van der Waals surface area contributed by atoms with Crippen LogP contribution in [-0.2, 0) is 6.54 Å². The Labute approximate surface area is 178 Å². The van der Waals surface area contributed by atoms with Crippen LogP contribution < -0.4 is 4.90 Å². The molecule has 1 N–H and O–H groups in total. The first kappa shape index (κ1) is 22.0. The molecule has 0 aromatic heterocycles. The minimum absolute atomic E-state index is 0.0225. The van der Waals surface area contributed by atoms with E-state index >= 15 is 0 Å². The minimum atomic E-state index is -1.25. The molecule has 9 heteroatoms. The highest BCUT2D eigenvalue weighted by molar-refractivity contribution is 6.33. The molecule has 0 spiro atoms. The zero-order valence-corrected chi connectivity index (χ0v) is 17.4. The smallest absolute Gasteiger partial charge is 0.335 e. The van der Waals surface area contributed by atoms with Crippen LogP contribution >= 0.6 is 11.6 Å². The molecule has 0 aliphatic carbocycles. The van der Waals surface area contributed by atoms with Gasteiger partial charge in [0.1, 0.15) is 11.6 Å². The van der Waals surface area contributed by atoms with Gasteiger partial charge in [0.05, 0.1) is 22.8 Å². The van der Waals surface area contributed by atoms with E-state index in [0.29, 0.717) is 13.1 Å². The SMILES string of the molecule is CN(C)C1CCN(C(=O)N(Cc2ccc(C(=O)O)cc2F)c2ccc(F)cc2Cl)C1. The summed E-state index contributed by atoms with van der Waals surface area (Å²) >= 11 is 6.19. The second-order valence-electron chi connectivity index (χ2n) is 7.43. The van der Waals surface area contributed by atoms with Crippen molar-refractivity contribution in [1.29, 1.82) is 0 Å². The maximum atomic E-state index is 14.5. The number of urea groups is 1. The van der Waals surface area contributed by atoms with Gasteiger partial charge in [0.15, 0.2) is 0 Å². The monoisotopic (exact) mass is 437 g/mol. The summed E-state index contributed by atoms with van der Waals surface area (Å²) < 4.78 is 28.1. The highest BCUT2D eigenvalue weighted by Crippen LogP contribution is 2.30. The molecule has 3 rings (SSSR count). The normalized spacial score (nSPS) is 16.2. The summed E-state index contributed by atoms with van der Waals surface area (Å²) in [6.45, 7) is 0.845. The summed E-state index contributed by atoms with van der Waals surface area (Å²) in [5.74, 6) is -2.55. The molecule has 6 nitrogen and oxygen atoms in total. The van der Waals surface area contributed by atoms with Gasteiger partial charge in [-0.25, -0.2) is 18.4 Å². The number of benzene rings is 2. The molecule has 1 unspecified atom stereocenters. The van der Waals surface area contributed by atoms with E-state index in [1.807, 2.05) is 19.0 Å². The van der Waals surface area contributed by atoms with Crippen LogP contribution in [-0.4, -0.2) is 60.1 Å². The topological polar surface area (TPSA) is 64.1 Å². The van der Waals surface area contributed by atoms with Gasteiger partial charge in [-0.15, -0.1) is 0 Å². The number of carbonyl (C=O) groups is 2. The van der Waals surface area contributed by atoms with Crippen LogP contribution in [0.15, 0.2) is 36.4 Å². The number of aromatic carboxylic acids is 1. The molecule has 160 valence electrons. The number of nitrogens with zero attached hydrogens (tertiary/aromatic N) is 3. The van der Waals surface area contributed by atoms with Crippen molar-refractivity contribution in [3.8, 4) is 0 Å². The van der Waals surface area contributed by atoms with Crippen molar-refractivity contribution in [3.63, 3.8) is 0 Å². The summed E-state index contributed by atoms with van der Waals surface area (Å²) in [6, 6.07) is 6.96. The lowest BCUT2D eigenvalue weighted by Gasteiger charge is -2.29. The number of carbonyl (C=O) groups excluding carboxylic acids is 1. The fourth-order valence-electron chi connectivity index (χ4n) is 3.44. The van der Waals surface area contributed by atoms with Gasteiger partial charge in [-0.3, -0.25) is 4.90 Å². The van der Waals surface area contributed by atoms with Crippen molar-refractivity contribution in [2.75, 3.05) is 32.1 Å². The molecule has 1 aliphatic heterocycles. The van der Waals surface area contributed by atoms with Crippen molar-refractivity contribution >= 4 is 29.3 Å². The third kappa shape index (κ3) is 4.71. The van der Waals surface area contributed by atoms with E-state index < -0.39 is 17.6 Å². The molecule has 30 heavy (non-hydrogen) atoms. The number of carboxylic acid groups (broad SMARTS) is 1. The van der Waals surface area contributed by atoms with E-state index in [2.05, 4.69) is 0 Å². The molecule has 2 aromatic carbocycles. The molecule has 1 atom stereocenters. The maximum absolute atomic E-state index is 14.5. The molecule has 2 amide bonds. The molecular weight excluding hydrogens is 416 g/mol. The van der Waals surface area contributed by atoms with Gasteiger partial charge in [0, 0.05) is 24.7 Å². The fraction of sp³-hybridized carbons (Fsp3) is 0.333. The third-order valence-corrected chi connectivity index (χ3v) is 5.53. The van der Waals surface area contributed by atoms with Gasteiger partial charge >= 0.3 is 12.0 Å². The zero-order chi connectivity index (χ0) is 22.0. The Kier molecular flexibility index (Phi) is 6.58. The van der Waals surface area contributed by atoms with Crippen molar-refractivity contribution in [2.24, 2.45) is 0 Å². The lowest BCUT2D eigenvalue weighted by atomic mass is 10.1. The van der Waals surface area contributed by atoms with E-state index in [1.54, 1.807) is 4.90 Å². The maximum Gasteiger partial charge on any atom is 0.335 e. The van der Waals surface area contributed by atoms with Gasteiger partial charge in [0.25, 0.3) is 0 Å². The van der Waals surface area contributed by atoms with Crippen LogP contribution in [0.1, 0.15) is 22.3 Å². The van der Waals surface area contributed by atoms with E-state index in [-0.39, 0.29) is 40.5 Å². The van der Waals surface area contributed by atoms with Crippen molar-refractivity contribution in [1.82, 2.24) is 9.80 Å². The standard InChI is InChI=1S/C21H22ClF2N3O3/c1-25(2)16-7-8-26(12-16)21(30)27(19-6-5-15(23)10-17(19)22)11-14-4-3-13(20(28)29)9-18(14)24/h3-6,9-10,16H,7-8,11-12H2,1-2H3,(H,28,29). The van der Waals surface area contributed by atoms with Crippen LogP contribution in [0.4, 0.5) is 19.3 Å². The highest BCUT2D eigenvalue weighted by atomic mass is 35.5. The predicted molar refractivity (Wildman–Crippen MR) is 110 cm³/mol. The average molecular weight is 438 g/mol. The summed E-state index contributed by atoms with van der Waals surface area (Å²) in [7, 11) is 3.87. The second-order valence-corrected chi connectivity index (χ2v) is 7.84. The van der Waals surface area contributed by atoms with E-state index in [9.17, 15) is 18.4 Å². The van der Waals surface area contributed by atoms with Gasteiger partial charge in [0.2, 0.25) is 0 Å². The lowest BCUT2D eigenvalue weighted by molar-refractivity contribution is 0.0696. The Bertz CT molecular complexity index is 971. The first-order valence-electron chi connectivity index (χ1n) is 9.37. The number of hydrogen-bond acceptors (Lipinski definition) is 3. The van der Waals surface area contributed by atoms with Crippen LogP contribution in [0.5, 0.6) is 0 Å². The molecule has 0 radical (unpaired) electrons. The highest BCUT2D eigenvalue weighted by Gasteiger charge is 2.32. The summed E-state index contributed by atoms with van der Waals surface area (Å²) in [5, 5.41) is 9.05. The number of carboxylic acids is 1. The van der Waals surface area contributed by atoms with Crippen LogP contribution in [0.3, 0.4) is 0 Å². The Morgan fingerprint density at radius 3 is 2.50 bits per heavy atom. The fourth-order valence-corrected chi connectivity index (χ4v) is 3.71. The van der Waals surface area contributed by atoms with Crippen molar-refractivity contribution in [3.05, 3.63) is 64.2 Å². The molecule has 1 saturated heterocycles. The van der Waals surface area contributed by atoms with Gasteiger partial charge < -0.3 is 14.9 Å². The molecule has 0 bridgehead atoms. The summed E-state index contributed by atoms with van der Waals surface area (Å²) in [5.41, 5.74) is 0.178. The zero-order valence-electron chi connectivity index (χ0n) is 16.6. The number of likely N-dealkylation sites (N-methyl/N-ethyl adjacent to an activating group) is 1. The number of halogens is 3. The lowest BCUT2D eigenvalue weighted by Crippen LogP contribution is -2.43. The van der Waals surface area contributed by atoms with Gasteiger partial charge in [-0.05, 0) is 50.8 Å². The predicted octanol–water partition coefficient (Wildman–Crippen LogP) is 4.08. The first-order valence-corrected chi connectivity index (χ1v) is 9.75. The molecule has 1 heterocycles. The van der Waals surface area contributed by atoms with Gasteiger partial charge in [-0.1, -0.05) is 17.7 Å². The molecule has 1 aliphatic rings. The number of hydrogen-bond donors (Lipinski definition) is 1. The van der Waals surface area contributed by atoms with Crippen LogP contribution in [0, 0.1) is 11.6 Å². The van der Waals surface area contributed by atoms with Gasteiger partial charge in [-0.2, -0.15) is 0 Å². The summed E-state index contributed by atoms with van der Waals surface area (Å²) in [4.78, 5) is 29.3. The Morgan fingerprint density at radius 1 is 1.20 bits per heavy atom. The van der Waals surface area contributed by atoms with Crippen LogP contribution in [0.2, 0.25) is 5.02 Å². The quantitative estimate of drug-likeness (QED) is 0.765. The molecule has 0 saturated carbocycles. The number of rotatable bonds is 5. The third-order valence-electron chi connectivity index (χ3n) is 5.22. The number of likely N-dealkylation sites (tertiary alicyclic amines) is 1. The first-order chi connectivity index (χ1) is 14.2. The average Bonchev–Trinajstić information content (AvgIpc) is 3.17. The largest absolute Gasteiger partial charge is 0.478 e. The van der Waals surface area contributed by atoms with Crippen LogP contribution in [0.25, 0.3) is 0 Å². The Hall–Kier alpha value is -2.71. The molecular formula is C21H22ClF2N3O3. The molecule has 2 aromatic rings. The molecule has 1 fully saturated rings. The van der Waals surface area contributed by atoms with E-state index in [0.717, 1.165) is 18.6 Å². The number of anilines is 1. The second kappa shape index (κ2) is 8.97. The van der Waals surface area contributed by atoms with E-state index in [4.69, 9.17) is 16.7 Å². The Balaban J connectivity index is 1.94. The van der Waals surface area contributed by atoms with Crippen molar-refractivity contribution in [2.45, 2.75) is 19.0 Å². The Morgan fingerprint density at radius 2 is 1.93 bits per heavy atom. The van der Waals surface area contributed by atoms with Crippen molar-refractivity contribution < 1.29 is 23.5 Å². The van der Waals surface area contributed by atoms with E-state index in [1.165, 1.54) is 29.2 Å².